The summed E-state index contributed by atoms with van der Waals surface area (Å²) in [5, 5.41) is 8.56. The van der Waals surface area contributed by atoms with Crippen molar-refractivity contribution in [2.75, 3.05) is 18.0 Å². The van der Waals surface area contributed by atoms with Crippen LogP contribution in [0.4, 0.5) is 10.1 Å². The normalized spacial score (nSPS) is 10.8. The van der Waals surface area contributed by atoms with E-state index in [9.17, 15) is 9.18 Å². The van der Waals surface area contributed by atoms with Gasteiger partial charge >= 0.3 is 5.97 Å². The smallest absolute Gasteiger partial charge is 0.328 e. The van der Waals surface area contributed by atoms with E-state index >= 15 is 0 Å². The predicted octanol–water partition coefficient (Wildman–Crippen LogP) is 3.16. The summed E-state index contributed by atoms with van der Waals surface area (Å²) in [6.07, 6.45) is 3.38. The van der Waals surface area contributed by atoms with Crippen molar-refractivity contribution in [3.8, 4) is 0 Å². The zero-order chi connectivity index (χ0) is 13.5. The molecule has 1 rings (SSSR count). The monoisotopic (exact) mass is 251 g/mol. The summed E-state index contributed by atoms with van der Waals surface area (Å²) in [5.74, 6) is -1.39. The van der Waals surface area contributed by atoms with Crippen LogP contribution in [0.15, 0.2) is 24.3 Å². The summed E-state index contributed by atoms with van der Waals surface area (Å²) in [4.78, 5) is 12.5. The van der Waals surface area contributed by atoms with Gasteiger partial charge in [0.15, 0.2) is 0 Å². The minimum absolute atomic E-state index is 0.355. The van der Waals surface area contributed by atoms with Crippen LogP contribution in [-0.2, 0) is 4.79 Å². The molecular formula is C14H18FNO2. The van der Waals surface area contributed by atoms with Crippen LogP contribution in [0.5, 0.6) is 0 Å². The molecule has 1 aromatic carbocycles. The third-order valence-electron chi connectivity index (χ3n) is 2.56. The molecule has 0 atom stereocenters. The van der Waals surface area contributed by atoms with Gasteiger partial charge in [0.2, 0.25) is 0 Å². The fourth-order valence-electron chi connectivity index (χ4n) is 1.78. The van der Waals surface area contributed by atoms with Crippen molar-refractivity contribution in [3.05, 3.63) is 35.7 Å². The minimum atomic E-state index is -1.04. The summed E-state index contributed by atoms with van der Waals surface area (Å²) in [7, 11) is 0. The third-order valence-corrected chi connectivity index (χ3v) is 2.56. The maximum Gasteiger partial charge on any atom is 0.328 e. The van der Waals surface area contributed by atoms with E-state index in [1.165, 1.54) is 18.2 Å². The van der Waals surface area contributed by atoms with Gasteiger partial charge < -0.3 is 10.0 Å². The second-order valence-electron chi connectivity index (χ2n) is 3.99. The molecule has 0 radical (unpaired) electrons. The molecule has 98 valence electrons. The SMILES string of the molecule is CCCN(CC)c1cc(F)cc(/C=C/C(=O)O)c1. The van der Waals surface area contributed by atoms with Gasteiger partial charge in [-0.25, -0.2) is 9.18 Å². The lowest BCUT2D eigenvalue weighted by Crippen LogP contribution is -2.23. The first-order valence-corrected chi connectivity index (χ1v) is 6.03. The Labute approximate surface area is 107 Å². The summed E-state index contributed by atoms with van der Waals surface area (Å²) >= 11 is 0. The molecule has 0 fully saturated rings. The first-order chi connectivity index (χ1) is 8.56. The van der Waals surface area contributed by atoms with Crippen molar-refractivity contribution in [3.63, 3.8) is 0 Å². The number of nitrogens with zero attached hydrogens (tertiary/aromatic N) is 1. The number of carboxylic acid groups (broad SMARTS) is 1. The largest absolute Gasteiger partial charge is 0.478 e. The zero-order valence-electron chi connectivity index (χ0n) is 10.7. The second kappa shape index (κ2) is 6.79. The number of carbonyl (C=O) groups is 1. The van der Waals surface area contributed by atoms with Crippen LogP contribution >= 0.6 is 0 Å². The summed E-state index contributed by atoms with van der Waals surface area (Å²) in [6.45, 7) is 5.71. The van der Waals surface area contributed by atoms with Crippen molar-refractivity contribution < 1.29 is 14.3 Å². The lowest BCUT2D eigenvalue weighted by Gasteiger charge is -2.22. The Kier molecular flexibility index (Phi) is 5.36. The number of aliphatic carboxylic acids is 1. The number of hydrogen-bond acceptors (Lipinski definition) is 2. The van der Waals surface area contributed by atoms with Gasteiger partial charge in [0, 0.05) is 24.9 Å². The highest BCUT2D eigenvalue weighted by Gasteiger charge is 2.06. The van der Waals surface area contributed by atoms with Gasteiger partial charge in [0.05, 0.1) is 0 Å². The van der Waals surface area contributed by atoms with Gasteiger partial charge in [-0.1, -0.05) is 6.92 Å². The molecule has 4 heteroatoms. The minimum Gasteiger partial charge on any atom is -0.478 e. The lowest BCUT2D eigenvalue weighted by atomic mass is 10.1. The van der Waals surface area contributed by atoms with Gasteiger partial charge in [-0.15, -0.1) is 0 Å². The Balaban J connectivity index is 3.02. The molecule has 0 amide bonds. The van der Waals surface area contributed by atoms with Gasteiger partial charge in [-0.3, -0.25) is 0 Å². The van der Waals surface area contributed by atoms with Gasteiger partial charge in [-0.2, -0.15) is 0 Å². The number of anilines is 1. The zero-order valence-corrected chi connectivity index (χ0v) is 10.7. The number of halogens is 1. The molecule has 0 aliphatic carbocycles. The van der Waals surface area contributed by atoms with Crippen LogP contribution in [0.1, 0.15) is 25.8 Å². The Morgan fingerprint density at radius 3 is 2.67 bits per heavy atom. The average molecular weight is 251 g/mol. The van der Waals surface area contributed by atoms with Crippen molar-refractivity contribution in [2.24, 2.45) is 0 Å². The standard InChI is InChI=1S/C14H18FNO2/c1-3-7-16(4-2)13-9-11(5-6-14(17)18)8-12(15)10-13/h5-6,8-10H,3-4,7H2,1-2H3,(H,17,18)/b6-5+. The van der Waals surface area contributed by atoms with Crippen molar-refractivity contribution >= 4 is 17.7 Å². The average Bonchev–Trinajstić information content (AvgIpc) is 2.32. The van der Waals surface area contributed by atoms with Crippen LogP contribution in [0.2, 0.25) is 0 Å². The van der Waals surface area contributed by atoms with Crippen LogP contribution in [0, 0.1) is 5.82 Å². The van der Waals surface area contributed by atoms with Crippen LogP contribution in [-0.4, -0.2) is 24.2 Å². The molecule has 0 aliphatic rings. The fraction of sp³-hybridized carbons (Fsp3) is 0.357. The van der Waals surface area contributed by atoms with E-state index in [1.807, 2.05) is 6.92 Å². The van der Waals surface area contributed by atoms with Gasteiger partial charge in [0.1, 0.15) is 5.82 Å². The molecule has 3 nitrogen and oxygen atoms in total. The quantitative estimate of drug-likeness (QED) is 0.789. The van der Waals surface area contributed by atoms with Gasteiger partial charge in [-0.05, 0) is 43.2 Å². The summed E-state index contributed by atoms with van der Waals surface area (Å²) in [6, 6.07) is 4.58. The van der Waals surface area contributed by atoms with Crippen molar-refractivity contribution in [1.82, 2.24) is 0 Å². The van der Waals surface area contributed by atoms with Crippen molar-refractivity contribution in [1.29, 1.82) is 0 Å². The number of hydrogen-bond donors (Lipinski definition) is 1. The van der Waals surface area contributed by atoms with E-state index in [4.69, 9.17) is 5.11 Å². The number of carboxylic acids is 1. The molecule has 18 heavy (non-hydrogen) atoms. The lowest BCUT2D eigenvalue weighted by molar-refractivity contribution is -0.131. The molecule has 0 aliphatic heterocycles. The maximum atomic E-state index is 13.5. The topological polar surface area (TPSA) is 40.5 Å². The Bertz CT molecular complexity index is 443. The number of benzene rings is 1. The highest BCUT2D eigenvalue weighted by Crippen LogP contribution is 2.19. The summed E-state index contributed by atoms with van der Waals surface area (Å²) < 4.78 is 13.5. The fourth-order valence-corrected chi connectivity index (χ4v) is 1.78. The summed E-state index contributed by atoms with van der Waals surface area (Å²) in [5.41, 5.74) is 1.34. The Hall–Kier alpha value is -1.84. The van der Waals surface area contributed by atoms with E-state index in [0.29, 0.717) is 5.56 Å². The molecule has 0 aromatic heterocycles. The molecule has 0 bridgehead atoms. The van der Waals surface area contributed by atoms with E-state index < -0.39 is 5.97 Å². The van der Waals surface area contributed by atoms with Crippen LogP contribution in [0.3, 0.4) is 0 Å². The van der Waals surface area contributed by atoms with E-state index in [2.05, 4.69) is 11.8 Å². The molecule has 1 N–H and O–H groups in total. The van der Waals surface area contributed by atoms with E-state index in [1.54, 1.807) is 6.07 Å². The van der Waals surface area contributed by atoms with Crippen LogP contribution in [0.25, 0.3) is 6.08 Å². The first-order valence-electron chi connectivity index (χ1n) is 6.03. The Morgan fingerprint density at radius 1 is 1.39 bits per heavy atom. The number of rotatable bonds is 6. The van der Waals surface area contributed by atoms with Crippen molar-refractivity contribution in [2.45, 2.75) is 20.3 Å². The molecule has 1 aromatic rings. The molecular weight excluding hydrogens is 233 g/mol. The highest BCUT2D eigenvalue weighted by molar-refractivity contribution is 5.85. The highest BCUT2D eigenvalue weighted by atomic mass is 19.1. The first kappa shape index (κ1) is 14.2. The van der Waals surface area contributed by atoms with Crippen LogP contribution < -0.4 is 4.90 Å². The maximum absolute atomic E-state index is 13.5. The third kappa shape index (κ3) is 4.20. The molecule has 0 saturated heterocycles. The molecule has 0 spiro atoms. The van der Waals surface area contributed by atoms with E-state index in [-0.39, 0.29) is 5.82 Å². The molecule has 0 heterocycles. The van der Waals surface area contributed by atoms with Gasteiger partial charge in [0.25, 0.3) is 0 Å². The predicted molar refractivity (Wildman–Crippen MR) is 71.2 cm³/mol. The molecule has 0 saturated carbocycles. The Morgan fingerprint density at radius 2 is 2.11 bits per heavy atom. The molecule has 0 unspecified atom stereocenters. The second-order valence-corrected chi connectivity index (χ2v) is 3.99. The van der Waals surface area contributed by atoms with E-state index in [0.717, 1.165) is 31.3 Å².